The minimum Gasteiger partial charge on any atom is -0.465 e. The molecular formula is C15H18N2O4. The van der Waals surface area contributed by atoms with Gasteiger partial charge in [-0.05, 0) is 24.3 Å². The maximum Gasteiger partial charge on any atom is 0.337 e. The third-order valence-electron chi connectivity index (χ3n) is 3.57. The van der Waals surface area contributed by atoms with Crippen molar-refractivity contribution in [3.05, 3.63) is 35.4 Å². The normalized spacial score (nSPS) is 14.8. The summed E-state index contributed by atoms with van der Waals surface area (Å²) in [5, 5.41) is 0. The van der Waals surface area contributed by atoms with Gasteiger partial charge in [0.15, 0.2) is 0 Å². The zero-order valence-electron chi connectivity index (χ0n) is 12.2. The Hall–Kier alpha value is -2.37. The van der Waals surface area contributed by atoms with Crippen molar-refractivity contribution in [2.45, 2.75) is 6.92 Å². The van der Waals surface area contributed by atoms with Crippen molar-refractivity contribution in [3.8, 4) is 0 Å². The number of nitrogens with zero attached hydrogens (tertiary/aromatic N) is 2. The van der Waals surface area contributed by atoms with Gasteiger partial charge in [-0.1, -0.05) is 0 Å². The molecule has 6 nitrogen and oxygen atoms in total. The molecule has 0 unspecified atom stereocenters. The van der Waals surface area contributed by atoms with Crippen molar-refractivity contribution >= 4 is 17.8 Å². The first-order chi connectivity index (χ1) is 10.0. The molecule has 0 N–H and O–H groups in total. The molecule has 1 fully saturated rings. The molecule has 1 aliphatic heterocycles. The molecule has 1 heterocycles. The maximum atomic E-state index is 12.3. The van der Waals surface area contributed by atoms with Gasteiger partial charge in [-0.25, -0.2) is 4.79 Å². The predicted octanol–water partition coefficient (Wildman–Crippen LogP) is 0.777. The van der Waals surface area contributed by atoms with E-state index in [0.29, 0.717) is 37.3 Å². The fraction of sp³-hybridized carbons (Fsp3) is 0.400. The molecule has 1 aliphatic rings. The van der Waals surface area contributed by atoms with Crippen LogP contribution in [0.15, 0.2) is 24.3 Å². The van der Waals surface area contributed by atoms with Crippen molar-refractivity contribution in [2.75, 3.05) is 33.3 Å². The molecule has 2 rings (SSSR count). The number of amides is 2. The molecule has 0 atom stereocenters. The average Bonchev–Trinajstić information content (AvgIpc) is 2.53. The van der Waals surface area contributed by atoms with E-state index < -0.39 is 5.97 Å². The van der Waals surface area contributed by atoms with Gasteiger partial charge in [-0.3, -0.25) is 9.59 Å². The number of carbonyl (C=O) groups excluding carboxylic acids is 3. The van der Waals surface area contributed by atoms with Crippen molar-refractivity contribution in [2.24, 2.45) is 0 Å². The molecule has 2 amide bonds. The fourth-order valence-electron chi connectivity index (χ4n) is 2.27. The van der Waals surface area contributed by atoms with Gasteiger partial charge >= 0.3 is 5.97 Å². The number of carbonyl (C=O) groups is 3. The summed E-state index contributed by atoms with van der Waals surface area (Å²) in [6.45, 7) is 3.69. The number of hydrogen-bond donors (Lipinski definition) is 0. The number of esters is 1. The highest BCUT2D eigenvalue weighted by molar-refractivity contribution is 5.96. The Morgan fingerprint density at radius 1 is 0.905 bits per heavy atom. The topological polar surface area (TPSA) is 66.9 Å². The number of piperazine rings is 1. The van der Waals surface area contributed by atoms with Gasteiger partial charge in [0.25, 0.3) is 5.91 Å². The highest BCUT2D eigenvalue weighted by Crippen LogP contribution is 2.11. The van der Waals surface area contributed by atoms with Crippen LogP contribution in [-0.4, -0.2) is 60.9 Å². The van der Waals surface area contributed by atoms with E-state index in [1.807, 2.05) is 0 Å². The van der Waals surface area contributed by atoms with Crippen molar-refractivity contribution in [1.82, 2.24) is 9.80 Å². The van der Waals surface area contributed by atoms with Crippen LogP contribution in [0.4, 0.5) is 0 Å². The van der Waals surface area contributed by atoms with Crippen LogP contribution in [-0.2, 0) is 9.53 Å². The van der Waals surface area contributed by atoms with Gasteiger partial charge in [0.1, 0.15) is 0 Å². The summed E-state index contributed by atoms with van der Waals surface area (Å²) in [7, 11) is 1.32. The second-order valence-electron chi connectivity index (χ2n) is 4.87. The largest absolute Gasteiger partial charge is 0.465 e. The lowest BCUT2D eigenvalue weighted by molar-refractivity contribution is -0.130. The van der Waals surface area contributed by atoms with Crippen LogP contribution < -0.4 is 0 Å². The molecule has 0 bridgehead atoms. The highest BCUT2D eigenvalue weighted by atomic mass is 16.5. The van der Waals surface area contributed by atoms with Crippen LogP contribution in [0.3, 0.4) is 0 Å². The Balaban J connectivity index is 2.01. The zero-order valence-corrected chi connectivity index (χ0v) is 12.2. The molecule has 0 saturated carbocycles. The number of rotatable bonds is 2. The SMILES string of the molecule is COC(=O)c1ccc(C(=O)N2CCN(C(C)=O)CC2)cc1. The van der Waals surface area contributed by atoms with Gasteiger partial charge in [-0.15, -0.1) is 0 Å². The molecule has 6 heteroatoms. The quantitative estimate of drug-likeness (QED) is 0.755. The Morgan fingerprint density at radius 2 is 1.38 bits per heavy atom. The van der Waals surface area contributed by atoms with E-state index in [0.717, 1.165) is 0 Å². The van der Waals surface area contributed by atoms with Crippen LogP contribution in [0.5, 0.6) is 0 Å². The lowest BCUT2D eigenvalue weighted by Crippen LogP contribution is -2.50. The molecule has 0 aromatic heterocycles. The summed E-state index contributed by atoms with van der Waals surface area (Å²) in [4.78, 5) is 38.4. The standard InChI is InChI=1S/C15H18N2O4/c1-11(18)16-7-9-17(10-8-16)14(19)12-3-5-13(6-4-12)15(20)21-2/h3-6H,7-10H2,1-2H3. The van der Waals surface area contributed by atoms with Gasteiger partial charge in [-0.2, -0.15) is 0 Å². The number of benzene rings is 1. The van der Waals surface area contributed by atoms with Crippen molar-refractivity contribution in [1.29, 1.82) is 0 Å². The number of hydrogen-bond acceptors (Lipinski definition) is 4. The van der Waals surface area contributed by atoms with Gasteiger partial charge in [0.05, 0.1) is 12.7 Å². The first kappa shape index (κ1) is 15.0. The minimum atomic E-state index is -0.427. The Labute approximate surface area is 123 Å². The summed E-state index contributed by atoms with van der Waals surface area (Å²) >= 11 is 0. The number of ether oxygens (including phenoxy) is 1. The van der Waals surface area contributed by atoms with E-state index in [1.54, 1.807) is 34.1 Å². The summed E-state index contributed by atoms with van der Waals surface area (Å²) < 4.78 is 4.62. The molecule has 21 heavy (non-hydrogen) atoms. The Morgan fingerprint density at radius 3 is 1.86 bits per heavy atom. The molecule has 1 saturated heterocycles. The van der Waals surface area contributed by atoms with Crippen LogP contribution in [0.1, 0.15) is 27.6 Å². The molecular weight excluding hydrogens is 272 g/mol. The Kier molecular flexibility index (Phi) is 4.57. The van der Waals surface area contributed by atoms with Gasteiger partial charge < -0.3 is 14.5 Å². The maximum absolute atomic E-state index is 12.3. The monoisotopic (exact) mass is 290 g/mol. The third-order valence-corrected chi connectivity index (χ3v) is 3.57. The van der Waals surface area contributed by atoms with E-state index in [2.05, 4.69) is 4.74 Å². The summed E-state index contributed by atoms with van der Waals surface area (Å²) in [5.41, 5.74) is 0.939. The summed E-state index contributed by atoms with van der Waals surface area (Å²) in [5.74, 6) is -0.483. The lowest BCUT2D eigenvalue weighted by Gasteiger charge is -2.34. The first-order valence-corrected chi connectivity index (χ1v) is 6.76. The van der Waals surface area contributed by atoms with Crippen LogP contribution in [0.2, 0.25) is 0 Å². The zero-order chi connectivity index (χ0) is 15.4. The second-order valence-corrected chi connectivity index (χ2v) is 4.87. The van der Waals surface area contributed by atoms with E-state index in [1.165, 1.54) is 14.0 Å². The molecule has 1 aromatic rings. The summed E-state index contributed by atoms with van der Waals surface area (Å²) in [6.07, 6.45) is 0. The third kappa shape index (κ3) is 3.39. The highest BCUT2D eigenvalue weighted by Gasteiger charge is 2.23. The van der Waals surface area contributed by atoms with E-state index >= 15 is 0 Å². The second kappa shape index (κ2) is 6.39. The smallest absolute Gasteiger partial charge is 0.337 e. The first-order valence-electron chi connectivity index (χ1n) is 6.76. The lowest BCUT2D eigenvalue weighted by atomic mass is 10.1. The van der Waals surface area contributed by atoms with E-state index in [-0.39, 0.29) is 11.8 Å². The van der Waals surface area contributed by atoms with Crippen LogP contribution in [0, 0.1) is 0 Å². The van der Waals surface area contributed by atoms with Crippen LogP contribution >= 0.6 is 0 Å². The molecule has 1 aromatic carbocycles. The van der Waals surface area contributed by atoms with Gasteiger partial charge in [0.2, 0.25) is 5.91 Å². The molecule has 112 valence electrons. The average molecular weight is 290 g/mol. The van der Waals surface area contributed by atoms with Crippen molar-refractivity contribution in [3.63, 3.8) is 0 Å². The van der Waals surface area contributed by atoms with Gasteiger partial charge in [0, 0.05) is 38.7 Å². The fourth-order valence-corrected chi connectivity index (χ4v) is 2.27. The van der Waals surface area contributed by atoms with Crippen molar-refractivity contribution < 1.29 is 19.1 Å². The summed E-state index contributed by atoms with van der Waals surface area (Å²) in [6, 6.07) is 6.38. The molecule has 0 radical (unpaired) electrons. The van der Waals surface area contributed by atoms with E-state index in [9.17, 15) is 14.4 Å². The van der Waals surface area contributed by atoms with Crippen LogP contribution in [0.25, 0.3) is 0 Å². The predicted molar refractivity (Wildman–Crippen MR) is 75.9 cm³/mol. The van der Waals surface area contributed by atoms with E-state index in [4.69, 9.17) is 0 Å². The molecule has 0 aliphatic carbocycles. The Bertz CT molecular complexity index is 545. The number of methoxy groups -OCH3 is 1. The molecule has 0 spiro atoms. The minimum absolute atomic E-state index is 0.0320.